The number of anilines is 1. The molecule has 0 fully saturated rings. The average molecular weight is 162 g/mol. The molecule has 2 aromatic rings. The van der Waals surface area contributed by atoms with Crippen LogP contribution in [0.15, 0.2) is 18.3 Å². The molecule has 0 bridgehead atoms. The van der Waals surface area contributed by atoms with Crippen molar-refractivity contribution < 1.29 is 4.79 Å². The molecule has 0 radical (unpaired) electrons. The lowest BCUT2D eigenvalue weighted by atomic mass is 10.5. The molecule has 60 valence electrons. The van der Waals surface area contributed by atoms with Crippen molar-refractivity contribution >= 4 is 17.8 Å². The van der Waals surface area contributed by atoms with Crippen molar-refractivity contribution in [2.45, 2.75) is 0 Å². The summed E-state index contributed by atoms with van der Waals surface area (Å²) in [6.45, 7) is 0. The molecule has 0 aliphatic heterocycles. The van der Waals surface area contributed by atoms with Crippen LogP contribution in [0.4, 0.5) is 5.82 Å². The van der Waals surface area contributed by atoms with E-state index in [4.69, 9.17) is 5.73 Å². The molecule has 0 saturated heterocycles. The van der Waals surface area contributed by atoms with E-state index >= 15 is 0 Å². The molecule has 0 saturated carbocycles. The van der Waals surface area contributed by atoms with Gasteiger partial charge >= 0.3 is 0 Å². The van der Waals surface area contributed by atoms with Gasteiger partial charge in [-0.2, -0.15) is 5.10 Å². The second-order valence-electron chi connectivity index (χ2n) is 2.29. The fraction of sp³-hybridized carbons (Fsp3) is 0. The van der Waals surface area contributed by atoms with Crippen LogP contribution in [-0.4, -0.2) is 20.9 Å². The first-order valence-electron chi connectivity index (χ1n) is 3.37. The van der Waals surface area contributed by atoms with Crippen LogP contribution in [0.2, 0.25) is 0 Å². The minimum absolute atomic E-state index is 0.212. The predicted octanol–water partition coefficient (Wildman–Crippen LogP) is 0.124. The lowest BCUT2D eigenvalue weighted by molar-refractivity contribution is 0.111. The summed E-state index contributed by atoms with van der Waals surface area (Å²) < 4.78 is 1.41. The van der Waals surface area contributed by atoms with Crippen molar-refractivity contribution in [3.05, 3.63) is 24.0 Å². The van der Waals surface area contributed by atoms with E-state index in [2.05, 4.69) is 10.1 Å². The number of imidazole rings is 1. The lowest BCUT2D eigenvalue weighted by Gasteiger charge is -1.90. The maximum Gasteiger partial charge on any atom is 0.172 e. The number of rotatable bonds is 1. The molecule has 5 nitrogen and oxygen atoms in total. The summed E-state index contributed by atoms with van der Waals surface area (Å²) in [6, 6.07) is 3.46. The van der Waals surface area contributed by atoms with Crippen LogP contribution in [0.3, 0.4) is 0 Å². The molecule has 0 atom stereocenters. The largest absolute Gasteiger partial charge is 0.382 e. The molecule has 0 spiro atoms. The van der Waals surface area contributed by atoms with E-state index in [0.717, 1.165) is 0 Å². The number of fused-ring (bicyclic) bond motifs is 1. The Hall–Kier alpha value is -1.91. The van der Waals surface area contributed by atoms with Gasteiger partial charge in [-0.1, -0.05) is 0 Å². The standard InChI is InChI=1S/C7H6N4O/c8-7-5(4-12)11-6(10-7)2-1-3-9-11/h1-4H,8H2. The minimum atomic E-state index is 0.212. The number of carbonyl (C=O) groups is 1. The Labute approximate surface area is 67.8 Å². The fourth-order valence-corrected chi connectivity index (χ4v) is 1.03. The number of nitrogen functional groups attached to an aromatic ring is 1. The zero-order chi connectivity index (χ0) is 8.55. The lowest BCUT2D eigenvalue weighted by Crippen LogP contribution is -1.97. The smallest absolute Gasteiger partial charge is 0.172 e. The van der Waals surface area contributed by atoms with E-state index < -0.39 is 0 Å². The molecule has 0 unspecified atom stereocenters. The number of hydrogen-bond acceptors (Lipinski definition) is 4. The molecule has 12 heavy (non-hydrogen) atoms. The van der Waals surface area contributed by atoms with Gasteiger partial charge in [0.1, 0.15) is 5.69 Å². The number of aldehydes is 1. The van der Waals surface area contributed by atoms with Crippen LogP contribution in [0.1, 0.15) is 10.5 Å². The van der Waals surface area contributed by atoms with Gasteiger partial charge in [0.25, 0.3) is 0 Å². The Kier molecular flexibility index (Phi) is 1.30. The number of carbonyl (C=O) groups excluding carboxylic acids is 1. The van der Waals surface area contributed by atoms with Gasteiger partial charge in [-0.25, -0.2) is 9.50 Å². The first-order chi connectivity index (χ1) is 5.83. The van der Waals surface area contributed by atoms with Crippen LogP contribution in [0.5, 0.6) is 0 Å². The third-order valence-electron chi connectivity index (χ3n) is 1.57. The second kappa shape index (κ2) is 2.30. The van der Waals surface area contributed by atoms with Crippen LogP contribution < -0.4 is 5.73 Å². The summed E-state index contributed by atoms with van der Waals surface area (Å²) in [7, 11) is 0. The van der Waals surface area contributed by atoms with E-state index in [0.29, 0.717) is 17.6 Å². The molecule has 2 aromatic heterocycles. The molecule has 0 amide bonds. The maximum absolute atomic E-state index is 10.5. The van der Waals surface area contributed by atoms with E-state index in [1.165, 1.54) is 4.52 Å². The van der Waals surface area contributed by atoms with Crippen molar-refractivity contribution in [2.24, 2.45) is 0 Å². The van der Waals surface area contributed by atoms with Crippen LogP contribution in [0, 0.1) is 0 Å². The first-order valence-corrected chi connectivity index (χ1v) is 3.37. The van der Waals surface area contributed by atoms with Crippen molar-refractivity contribution in [2.75, 3.05) is 5.73 Å². The van der Waals surface area contributed by atoms with Crippen molar-refractivity contribution in [1.29, 1.82) is 0 Å². The summed E-state index contributed by atoms with van der Waals surface area (Å²) in [5.74, 6) is 0.212. The Morgan fingerprint density at radius 2 is 2.42 bits per heavy atom. The SMILES string of the molecule is Nc1nc2cccnn2c1C=O. The monoisotopic (exact) mass is 162 g/mol. The van der Waals surface area contributed by atoms with Gasteiger partial charge in [-0.05, 0) is 12.1 Å². The van der Waals surface area contributed by atoms with E-state index in [9.17, 15) is 4.79 Å². The Balaban J connectivity index is 2.90. The van der Waals surface area contributed by atoms with Crippen LogP contribution in [0.25, 0.3) is 5.65 Å². The predicted molar refractivity (Wildman–Crippen MR) is 42.8 cm³/mol. The summed E-state index contributed by atoms with van der Waals surface area (Å²) in [5, 5.41) is 3.92. The molecule has 2 rings (SSSR count). The first kappa shape index (κ1) is 6.78. The van der Waals surface area contributed by atoms with Crippen LogP contribution in [-0.2, 0) is 0 Å². The molecular formula is C7H6N4O. The highest BCUT2D eigenvalue weighted by atomic mass is 16.1. The zero-order valence-corrected chi connectivity index (χ0v) is 6.14. The number of aromatic nitrogens is 3. The average Bonchev–Trinajstić information content (AvgIpc) is 2.40. The van der Waals surface area contributed by atoms with E-state index in [1.807, 2.05) is 0 Å². The number of nitrogens with two attached hydrogens (primary N) is 1. The minimum Gasteiger partial charge on any atom is -0.382 e. The van der Waals surface area contributed by atoms with Gasteiger partial charge in [0.05, 0.1) is 0 Å². The topological polar surface area (TPSA) is 73.3 Å². The van der Waals surface area contributed by atoms with Gasteiger partial charge in [-0.3, -0.25) is 4.79 Å². The Morgan fingerprint density at radius 1 is 1.58 bits per heavy atom. The third kappa shape index (κ3) is 0.763. The van der Waals surface area contributed by atoms with Gasteiger partial charge in [0, 0.05) is 6.20 Å². The highest BCUT2D eigenvalue weighted by molar-refractivity contribution is 5.81. The Morgan fingerprint density at radius 3 is 3.17 bits per heavy atom. The van der Waals surface area contributed by atoms with Crippen molar-refractivity contribution in [1.82, 2.24) is 14.6 Å². The van der Waals surface area contributed by atoms with Gasteiger partial charge in [0.15, 0.2) is 17.8 Å². The zero-order valence-electron chi connectivity index (χ0n) is 6.14. The molecule has 2 heterocycles. The van der Waals surface area contributed by atoms with E-state index in [1.54, 1.807) is 18.3 Å². The van der Waals surface area contributed by atoms with Crippen molar-refractivity contribution in [3.63, 3.8) is 0 Å². The molecule has 0 aliphatic rings. The molecule has 2 N–H and O–H groups in total. The second-order valence-corrected chi connectivity index (χ2v) is 2.29. The van der Waals surface area contributed by atoms with Gasteiger partial charge in [0.2, 0.25) is 0 Å². The number of nitrogens with zero attached hydrogens (tertiary/aromatic N) is 3. The summed E-state index contributed by atoms with van der Waals surface area (Å²) in [5.41, 5.74) is 6.34. The molecule has 0 aliphatic carbocycles. The molecule has 5 heteroatoms. The fourth-order valence-electron chi connectivity index (χ4n) is 1.03. The third-order valence-corrected chi connectivity index (χ3v) is 1.57. The normalized spacial score (nSPS) is 10.3. The van der Waals surface area contributed by atoms with E-state index in [-0.39, 0.29) is 5.82 Å². The molecule has 0 aromatic carbocycles. The highest BCUT2D eigenvalue weighted by Gasteiger charge is 2.07. The Bertz CT molecular complexity index is 434. The quantitative estimate of drug-likeness (QED) is 0.604. The highest BCUT2D eigenvalue weighted by Crippen LogP contribution is 2.09. The van der Waals surface area contributed by atoms with Crippen LogP contribution >= 0.6 is 0 Å². The maximum atomic E-state index is 10.5. The van der Waals surface area contributed by atoms with Gasteiger partial charge in [-0.15, -0.1) is 0 Å². The van der Waals surface area contributed by atoms with Gasteiger partial charge < -0.3 is 5.73 Å². The molecular weight excluding hydrogens is 156 g/mol. The summed E-state index contributed by atoms with van der Waals surface area (Å²) >= 11 is 0. The summed E-state index contributed by atoms with van der Waals surface area (Å²) in [4.78, 5) is 14.5. The summed E-state index contributed by atoms with van der Waals surface area (Å²) in [6.07, 6.45) is 2.21. The van der Waals surface area contributed by atoms with Crippen molar-refractivity contribution in [3.8, 4) is 0 Å². The number of hydrogen-bond donors (Lipinski definition) is 1.